The topological polar surface area (TPSA) is 90.0 Å². The van der Waals surface area contributed by atoms with E-state index in [0.29, 0.717) is 5.75 Å². The summed E-state index contributed by atoms with van der Waals surface area (Å²) in [7, 11) is 1.44. The van der Waals surface area contributed by atoms with Crippen molar-refractivity contribution in [2.75, 3.05) is 12.1 Å². The normalized spacial score (nSPS) is 11.5. The molecule has 1 heterocycles. The van der Waals surface area contributed by atoms with E-state index < -0.39 is 23.4 Å². The Bertz CT molecular complexity index is 590. The number of hydrogen-bond donors (Lipinski definition) is 1. The molecule has 1 aromatic heterocycles. The first-order valence-electron chi connectivity index (χ1n) is 7.44. The van der Waals surface area contributed by atoms with Crippen molar-refractivity contribution in [2.24, 2.45) is 0 Å². The Balaban J connectivity index is 3.12. The Morgan fingerprint density at radius 3 is 2.17 bits per heavy atom. The van der Waals surface area contributed by atoms with Gasteiger partial charge in [0.1, 0.15) is 22.6 Å². The molecule has 0 aliphatic rings. The molecule has 0 unspecified atom stereocenters. The van der Waals surface area contributed by atoms with Gasteiger partial charge in [-0.3, -0.25) is 4.98 Å². The van der Waals surface area contributed by atoms with Crippen LogP contribution >= 0.6 is 0 Å². The van der Waals surface area contributed by atoms with Gasteiger partial charge in [0.05, 0.1) is 13.3 Å². The number of hydrogen-bond acceptors (Lipinski definition) is 6. The number of methoxy groups -OCH3 is 1. The predicted octanol–water partition coefficient (Wildman–Crippen LogP) is 3.27. The maximum Gasteiger partial charge on any atom is 0.434 e. The molecule has 0 bridgehead atoms. The number of aromatic nitrogens is 1. The Hall–Kier alpha value is -2.51. The van der Waals surface area contributed by atoms with Crippen LogP contribution in [0.4, 0.5) is 15.3 Å². The Morgan fingerprint density at radius 1 is 1.08 bits per heavy atom. The number of nitrogens with zero attached hydrogens (tertiary/aromatic N) is 2. The van der Waals surface area contributed by atoms with Crippen molar-refractivity contribution in [2.45, 2.75) is 52.7 Å². The van der Waals surface area contributed by atoms with Gasteiger partial charge in [0, 0.05) is 12.3 Å². The van der Waals surface area contributed by atoms with Gasteiger partial charge in [-0.15, -0.1) is 0 Å². The van der Waals surface area contributed by atoms with Crippen LogP contribution in [0.25, 0.3) is 0 Å². The molecule has 8 nitrogen and oxygen atoms in total. The maximum atomic E-state index is 12.5. The number of pyridine rings is 1. The van der Waals surface area contributed by atoms with Crippen LogP contribution in [0.15, 0.2) is 18.5 Å². The zero-order valence-corrected chi connectivity index (χ0v) is 15.2. The first-order valence-corrected chi connectivity index (χ1v) is 7.44. The van der Waals surface area contributed by atoms with Crippen molar-refractivity contribution in [3.05, 3.63) is 18.5 Å². The molecule has 0 spiro atoms. The lowest BCUT2D eigenvalue weighted by Crippen LogP contribution is -2.50. The van der Waals surface area contributed by atoms with E-state index in [1.807, 2.05) is 0 Å². The van der Waals surface area contributed by atoms with Gasteiger partial charge in [0.2, 0.25) is 0 Å². The molecular formula is C16H25N3O5. The molecule has 1 aromatic rings. The van der Waals surface area contributed by atoms with E-state index in [9.17, 15) is 9.59 Å². The van der Waals surface area contributed by atoms with Crippen LogP contribution in [0, 0.1) is 0 Å². The van der Waals surface area contributed by atoms with Crippen molar-refractivity contribution in [1.29, 1.82) is 0 Å². The zero-order valence-electron chi connectivity index (χ0n) is 15.2. The molecule has 0 aromatic carbocycles. The number of ether oxygens (including phenoxy) is 3. The number of amides is 2. The van der Waals surface area contributed by atoms with Crippen LogP contribution in [-0.2, 0) is 9.47 Å². The fourth-order valence-corrected chi connectivity index (χ4v) is 1.62. The average molecular weight is 339 g/mol. The summed E-state index contributed by atoms with van der Waals surface area (Å²) in [6.45, 7) is 10.3. The predicted molar refractivity (Wildman–Crippen MR) is 88.9 cm³/mol. The molecule has 0 aliphatic carbocycles. The second-order valence-corrected chi connectivity index (χ2v) is 6.98. The molecule has 24 heavy (non-hydrogen) atoms. The number of rotatable bonds is 2. The summed E-state index contributed by atoms with van der Waals surface area (Å²) in [4.78, 5) is 28.5. The van der Waals surface area contributed by atoms with Crippen LogP contribution in [-0.4, -0.2) is 35.5 Å². The van der Waals surface area contributed by atoms with Gasteiger partial charge in [-0.25, -0.2) is 15.0 Å². The molecule has 0 radical (unpaired) electrons. The smallest absolute Gasteiger partial charge is 0.434 e. The highest BCUT2D eigenvalue weighted by atomic mass is 16.6. The number of nitrogens with one attached hydrogen (secondary N) is 1. The van der Waals surface area contributed by atoms with E-state index in [1.54, 1.807) is 47.6 Å². The summed E-state index contributed by atoms with van der Waals surface area (Å²) in [5, 5.41) is 0.908. The lowest BCUT2D eigenvalue weighted by Gasteiger charge is -2.29. The van der Waals surface area contributed by atoms with Crippen LogP contribution in [0.2, 0.25) is 0 Å². The molecule has 0 fully saturated rings. The van der Waals surface area contributed by atoms with E-state index in [1.165, 1.54) is 19.5 Å². The molecule has 0 saturated heterocycles. The number of hydrazine groups is 1. The molecule has 0 atom stereocenters. The van der Waals surface area contributed by atoms with Gasteiger partial charge in [0.25, 0.3) is 0 Å². The number of carbonyl (C=O) groups is 2. The summed E-state index contributed by atoms with van der Waals surface area (Å²) >= 11 is 0. The Morgan fingerprint density at radius 2 is 1.67 bits per heavy atom. The summed E-state index contributed by atoms with van der Waals surface area (Å²) in [6, 6.07) is 1.56. The van der Waals surface area contributed by atoms with Crippen molar-refractivity contribution in [3.8, 4) is 5.75 Å². The standard InChI is InChI=1S/C16H25N3O5/c1-15(2,3)23-13(20)18-19(14(21)24-16(4,5)6)11-10-17-9-8-12(11)22-7/h8-10H,1-7H3,(H,18,20). The second-order valence-electron chi connectivity index (χ2n) is 6.98. The fourth-order valence-electron chi connectivity index (χ4n) is 1.62. The molecule has 0 saturated carbocycles. The van der Waals surface area contributed by atoms with Gasteiger partial charge in [-0.05, 0) is 41.5 Å². The highest BCUT2D eigenvalue weighted by molar-refractivity contribution is 5.92. The van der Waals surface area contributed by atoms with E-state index >= 15 is 0 Å². The van der Waals surface area contributed by atoms with Crippen LogP contribution in [0.5, 0.6) is 5.75 Å². The lowest BCUT2D eigenvalue weighted by atomic mass is 10.2. The van der Waals surface area contributed by atoms with Gasteiger partial charge in [-0.2, -0.15) is 5.01 Å². The molecule has 1 rings (SSSR count). The first-order chi connectivity index (χ1) is 10.9. The fraction of sp³-hybridized carbons (Fsp3) is 0.562. The van der Waals surface area contributed by atoms with Gasteiger partial charge >= 0.3 is 12.2 Å². The third-order valence-electron chi connectivity index (χ3n) is 2.40. The van der Waals surface area contributed by atoms with E-state index in [-0.39, 0.29) is 5.69 Å². The Labute approximate surface area is 142 Å². The molecule has 2 amide bonds. The van der Waals surface area contributed by atoms with Gasteiger partial charge in [-0.1, -0.05) is 0 Å². The van der Waals surface area contributed by atoms with Gasteiger partial charge < -0.3 is 14.2 Å². The summed E-state index contributed by atoms with van der Waals surface area (Å²) in [5.74, 6) is 0.340. The maximum absolute atomic E-state index is 12.5. The molecule has 0 aliphatic heterocycles. The van der Waals surface area contributed by atoms with Crippen LogP contribution < -0.4 is 15.2 Å². The number of anilines is 1. The SMILES string of the molecule is COc1ccncc1N(NC(=O)OC(C)(C)C)C(=O)OC(C)(C)C. The van der Waals surface area contributed by atoms with Crippen molar-refractivity contribution in [3.63, 3.8) is 0 Å². The van der Waals surface area contributed by atoms with E-state index in [4.69, 9.17) is 14.2 Å². The molecule has 8 heteroatoms. The average Bonchev–Trinajstić information content (AvgIpc) is 2.41. The Kier molecular flexibility index (Phi) is 6.00. The minimum Gasteiger partial charge on any atom is -0.494 e. The molecular weight excluding hydrogens is 314 g/mol. The van der Waals surface area contributed by atoms with E-state index in [2.05, 4.69) is 10.4 Å². The van der Waals surface area contributed by atoms with Crippen LogP contribution in [0.3, 0.4) is 0 Å². The second kappa shape index (κ2) is 7.37. The van der Waals surface area contributed by atoms with Gasteiger partial charge in [0.15, 0.2) is 0 Å². The van der Waals surface area contributed by atoms with Crippen LogP contribution in [0.1, 0.15) is 41.5 Å². The minimum atomic E-state index is -0.806. The minimum absolute atomic E-state index is 0.222. The lowest BCUT2D eigenvalue weighted by molar-refractivity contribution is 0.0424. The zero-order chi connectivity index (χ0) is 18.5. The quantitative estimate of drug-likeness (QED) is 0.832. The molecule has 134 valence electrons. The largest absolute Gasteiger partial charge is 0.494 e. The highest BCUT2D eigenvalue weighted by Crippen LogP contribution is 2.27. The summed E-state index contributed by atoms with van der Waals surface area (Å²) < 4.78 is 15.7. The van der Waals surface area contributed by atoms with Crippen molar-refractivity contribution in [1.82, 2.24) is 10.4 Å². The summed E-state index contributed by atoms with van der Waals surface area (Å²) in [5.41, 5.74) is 1.12. The monoisotopic (exact) mass is 339 g/mol. The number of carbonyl (C=O) groups excluding carboxylic acids is 2. The van der Waals surface area contributed by atoms with E-state index in [0.717, 1.165) is 5.01 Å². The third kappa shape index (κ3) is 6.31. The summed E-state index contributed by atoms with van der Waals surface area (Å²) in [6.07, 6.45) is 1.28. The highest BCUT2D eigenvalue weighted by Gasteiger charge is 2.29. The first kappa shape index (κ1) is 19.5. The molecule has 1 N–H and O–H groups in total. The van der Waals surface area contributed by atoms with Crippen molar-refractivity contribution < 1.29 is 23.8 Å². The third-order valence-corrected chi connectivity index (χ3v) is 2.40. The van der Waals surface area contributed by atoms with Crippen molar-refractivity contribution >= 4 is 17.9 Å².